The quantitative estimate of drug-likeness (QED) is 0.0110. The largest absolute Gasteiger partial charge is 0.497 e. The lowest BCUT2D eigenvalue weighted by Gasteiger charge is -2.51. The second-order valence-electron chi connectivity index (χ2n) is 26.3. The van der Waals surface area contributed by atoms with Crippen molar-refractivity contribution in [3.63, 3.8) is 0 Å². The second-order valence-corrected chi connectivity index (χ2v) is 26.3. The number of nitrogens with one attached hydrogen (secondary N) is 2. The molecule has 4 fully saturated rings. The molecule has 38 nitrogen and oxygen atoms in total. The predicted octanol–water partition coefficient (Wildman–Crippen LogP) is 9.33. The SMILES string of the molecule is COc1ccc(CO[C@H](C(=O)N[C@H]2[C@H](O)[C@@H](O[C@@H]3O[C@H](COC(C)=O)[C@@H](OC4OC(CN=[N+]=[N-])C(OC(C)=O)C(OC(C)=O)C4N=[N+]=[N-])[C@H]3OC(C)=O)[C@H](O[C@H]3O[C@H]([C@@H](C)N(Cc4ccccc4)C(=O)OCc4ccccc4)CC[C@H]3N=[N+]=[N-])[C@@H](NC(=O)OCc3ccccc3)[C@@H]2OCc2ccccc2)[C@H](F)CN=[N+]=[N-])cc1. The van der Waals surface area contributed by atoms with E-state index in [2.05, 4.69) is 50.7 Å². The number of halogens is 1. The van der Waals surface area contributed by atoms with Crippen LogP contribution in [0.4, 0.5) is 14.0 Å². The lowest BCUT2D eigenvalue weighted by molar-refractivity contribution is -0.303. The highest BCUT2D eigenvalue weighted by molar-refractivity contribution is 5.82. The summed E-state index contributed by atoms with van der Waals surface area (Å²) in [6.07, 6.45) is -32.8. The van der Waals surface area contributed by atoms with Crippen LogP contribution in [-0.4, -0.2) is 207 Å². The van der Waals surface area contributed by atoms with E-state index in [1.54, 1.807) is 153 Å². The Labute approximate surface area is 646 Å². The minimum Gasteiger partial charge on any atom is -0.497 e. The fraction of sp³-hybridized carbons (Fsp3) is 0.500. The Morgan fingerprint density at radius 1 is 0.549 bits per heavy atom. The van der Waals surface area contributed by atoms with Crippen molar-refractivity contribution in [3.05, 3.63) is 215 Å². The van der Waals surface area contributed by atoms with Crippen molar-refractivity contribution in [2.24, 2.45) is 20.5 Å². The summed E-state index contributed by atoms with van der Waals surface area (Å²) in [6, 6.07) is 33.0. The number of aliphatic hydroxyl groups excluding tert-OH is 1. The van der Waals surface area contributed by atoms with E-state index in [4.69, 9.17) is 71.1 Å². The van der Waals surface area contributed by atoms with E-state index in [0.717, 1.165) is 27.7 Å². The van der Waals surface area contributed by atoms with Gasteiger partial charge in [-0.1, -0.05) is 154 Å². The summed E-state index contributed by atoms with van der Waals surface area (Å²) < 4.78 is 110. The van der Waals surface area contributed by atoms with Gasteiger partial charge >= 0.3 is 36.1 Å². The van der Waals surface area contributed by atoms with Gasteiger partial charge in [0.2, 0.25) is 0 Å². The Balaban J connectivity index is 1.22. The van der Waals surface area contributed by atoms with Gasteiger partial charge in [0.1, 0.15) is 80.5 Å². The highest BCUT2D eigenvalue weighted by Crippen LogP contribution is 2.40. The van der Waals surface area contributed by atoms with Gasteiger partial charge in [-0.15, -0.1) is 0 Å². The lowest BCUT2D eigenvalue weighted by atomic mass is 9.80. The average molecular weight is 1570 g/mol. The van der Waals surface area contributed by atoms with Crippen molar-refractivity contribution in [1.82, 2.24) is 15.5 Å². The van der Waals surface area contributed by atoms with Crippen LogP contribution in [0, 0.1) is 0 Å². The number of benzene rings is 5. The Morgan fingerprint density at radius 2 is 1.10 bits per heavy atom. The topological polar surface area (TPSA) is 501 Å². The number of nitrogens with zero attached hydrogens (tertiary/aromatic N) is 13. The molecule has 39 heteroatoms. The molecule has 3 amide bonds. The molecule has 3 aliphatic heterocycles. The highest BCUT2D eigenvalue weighted by Gasteiger charge is 2.61. The number of ether oxygens (including phenoxy) is 15. The van der Waals surface area contributed by atoms with Crippen LogP contribution in [0.1, 0.15) is 75.3 Å². The number of carbonyl (C=O) groups excluding carboxylic acids is 7. The maximum absolute atomic E-state index is 16.9. The van der Waals surface area contributed by atoms with Crippen LogP contribution >= 0.6 is 0 Å². The van der Waals surface area contributed by atoms with E-state index in [-0.39, 0.29) is 32.6 Å². The molecule has 3 N–H and O–H groups in total. The maximum Gasteiger partial charge on any atom is 0.410 e. The van der Waals surface area contributed by atoms with Crippen LogP contribution in [0.3, 0.4) is 0 Å². The van der Waals surface area contributed by atoms with E-state index < -0.39 is 203 Å². The number of aliphatic hydroxyl groups is 1. The summed E-state index contributed by atoms with van der Waals surface area (Å²) in [4.78, 5) is 110. The molecule has 5 unspecified atom stereocenters. The van der Waals surface area contributed by atoms with Gasteiger partial charge < -0.3 is 86.8 Å². The number of esters is 4. The summed E-state index contributed by atoms with van der Waals surface area (Å²) in [6.45, 7) is 1.81. The Hall–Kier alpha value is -11.4. The zero-order chi connectivity index (χ0) is 80.9. The van der Waals surface area contributed by atoms with E-state index in [1.165, 1.54) is 12.0 Å². The van der Waals surface area contributed by atoms with Crippen LogP contribution in [0.5, 0.6) is 5.75 Å². The summed E-state index contributed by atoms with van der Waals surface area (Å²) in [7, 11) is 1.44. The molecule has 0 spiro atoms. The maximum atomic E-state index is 16.9. The summed E-state index contributed by atoms with van der Waals surface area (Å²) >= 11 is 0. The first-order valence-corrected chi connectivity index (χ1v) is 35.8. The van der Waals surface area contributed by atoms with E-state index in [1.807, 2.05) is 0 Å². The molecule has 1 saturated carbocycles. The van der Waals surface area contributed by atoms with Gasteiger partial charge in [-0.05, 0) is 81.8 Å². The molecular formula is C74H86FN15O23. The van der Waals surface area contributed by atoms with Crippen molar-refractivity contribution in [2.75, 3.05) is 26.8 Å². The fourth-order valence-electron chi connectivity index (χ4n) is 13.3. The number of alkyl carbamates (subject to hydrolysis) is 1. The number of methoxy groups -OCH3 is 1. The van der Waals surface area contributed by atoms with Gasteiger partial charge in [-0.3, -0.25) is 28.9 Å². The second kappa shape index (κ2) is 42.9. The van der Waals surface area contributed by atoms with Crippen LogP contribution in [0.25, 0.3) is 41.8 Å². The van der Waals surface area contributed by atoms with Gasteiger partial charge in [-0.2, -0.15) is 0 Å². The van der Waals surface area contributed by atoms with Crippen LogP contribution in [-0.2, 0) is 123 Å². The lowest BCUT2D eigenvalue weighted by Crippen LogP contribution is -2.75. The number of azide groups is 4. The minimum absolute atomic E-state index is 0.0246. The monoisotopic (exact) mass is 1570 g/mol. The van der Waals surface area contributed by atoms with Gasteiger partial charge in [0.15, 0.2) is 43.3 Å². The van der Waals surface area contributed by atoms with E-state index in [0.29, 0.717) is 33.6 Å². The van der Waals surface area contributed by atoms with Gasteiger partial charge in [0.25, 0.3) is 5.91 Å². The van der Waals surface area contributed by atoms with Crippen LogP contribution in [0.2, 0.25) is 0 Å². The molecular weight excluding hydrogens is 1490 g/mol. The van der Waals surface area contributed by atoms with Gasteiger partial charge in [0, 0.05) is 53.9 Å². The zero-order valence-electron chi connectivity index (χ0n) is 62.2. The molecule has 0 aromatic heterocycles. The van der Waals surface area contributed by atoms with Crippen LogP contribution in [0.15, 0.2) is 166 Å². The number of carbonyl (C=O) groups is 7. The smallest absolute Gasteiger partial charge is 0.410 e. The molecule has 1 aliphatic carbocycles. The van der Waals surface area contributed by atoms with E-state index >= 15 is 14.0 Å². The van der Waals surface area contributed by atoms with Crippen molar-refractivity contribution in [2.45, 2.75) is 209 Å². The Bertz CT molecular complexity index is 4180. The first-order chi connectivity index (χ1) is 54.6. The van der Waals surface area contributed by atoms with Crippen molar-refractivity contribution in [1.29, 1.82) is 0 Å². The van der Waals surface area contributed by atoms with Crippen molar-refractivity contribution in [3.8, 4) is 5.75 Å². The summed E-state index contributed by atoms with van der Waals surface area (Å²) in [5.74, 6) is -4.86. The molecule has 113 heavy (non-hydrogen) atoms. The number of hydrogen-bond donors (Lipinski definition) is 3. The first kappa shape index (κ1) is 85.6. The Morgan fingerprint density at radius 3 is 1.68 bits per heavy atom. The third-order valence-corrected chi connectivity index (χ3v) is 18.5. The third-order valence-electron chi connectivity index (χ3n) is 18.5. The fourth-order valence-corrected chi connectivity index (χ4v) is 13.3. The molecule has 602 valence electrons. The third kappa shape index (κ3) is 24.3. The number of rotatable bonds is 36. The molecule has 5 aromatic carbocycles. The summed E-state index contributed by atoms with van der Waals surface area (Å²) in [5.41, 5.74) is 42.1. The molecule has 21 atom stereocenters. The number of hydrogen-bond acceptors (Lipinski definition) is 27. The standard InChI is InChI=1S/C74H86FN15O23/c1-41(90(35-46-19-11-7-12-20-46)74(98)104-39-49-25-17-10-18-26-49)54-32-31-53(84-88-78)70(108-54)112-65-58(83-73(97)103-38-48-23-15-9-16-24-48)64(102-36-47-21-13-8-14-22-47)57(82-69(96)61(52(75)33-80-86-76)101-37-50-27-29-51(99-6)30-28-50)60(95)67(65)113-72-68(107-45(5)94)63(56(110-72)40-100-42(2)91)111-71-59(85-89-79)66(106-44(4)93)62(105-43(3)92)55(109-71)34-81-87-77/h7-30,41,52-68,70-72,95H,31-40H2,1-6H3,(H,82,96)(H,83,97)/t41-,52-,53-,54+,55?,56-,57+,58+,59?,60+,61+,62?,63-,64-,65-,66?,67-,68-,70-,71?,72+/m1/s1. The van der Waals surface area contributed by atoms with Crippen molar-refractivity contribution < 1.29 is 114 Å². The molecule has 0 radical (unpaired) electrons. The molecule has 9 rings (SSSR count). The first-order valence-electron chi connectivity index (χ1n) is 35.8. The minimum atomic E-state index is -2.43. The van der Waals surface area contributed by atoms with Crippen molar-refractivity contribution >= 4 is 42.0 Å². The van der Waals surface area contributed by atoms with Gasteiger partial charge in [0.05, 0.1) is 63.7 Å². The average Bonchev–Trinajstić information content (AvgIpc) is 1.75. The molecule has 3 saturated heterocycles. The highest BCUT2D eigenvalue weighted by atomic mass is 19.1. The zero-order valence-corrected chi connectivity index (χ0v) is 62.2. The number of amides is 3. The molecule has 4 aliphatic rings. The Kier molecular flexibility index (Phi) is 32.5. The van der Waals surface area contributed by atoms with Gasteiger partial charge in [-0.25, -0.2) is 14.0 Å². The molecule has 0 bridgehead atoms. The van der Waals surface area contributed by atoms with E-state index in [9.17, 15) is 51.2 Å². The summed E-state index contributed by atoms with van der Waals surface area (Å²) in [5, 5.41) is 34.1. The number of alkyl halides is 1. The molecule has 5 aromatic rings. The molecule has 3 heterocycles. The van der Waals surface area contributed by atoms with Crippen LogP contribution < -0.4 is 15.4 Å². The predicted molar refractivity (Wildman–Crippen MR) is 388 cm³/mol. The normalized spacial score (nSPS) is 26.5.